The lowest BCUT2D eigenvalue weighted by molar-refractivity contribution is 0.0471. The molecule has 0 bridgehead atoms. The number of Topliss-reactive ketones (excluding diaryl/α,β-unsaturated/α-hetero) is 1. The van der Waals surface area contributed by atoms with Gasteiger partial charge in [0.05, 0.1) is 32.3 Å². The van der Waals surface area contributed by atoms with E-state index in [0.717, 1.165) is 0 Å². The molecule has 0 aliphatic carbocycles. The summed E-state index contributed by atoms with van der Waals surface area (Å²) in [6.45, 7) is 0.769. The zero-order valence-corrected chi connectivity index (χ0v) is 18.0. The number of morpholine rings is 1. The van der Waals surface area contributed by atoms with E-state index in [9.17, 15) is 18.0 Å². The summed E-state index contributed by atoms with van der Waals surface area (Å²) < 4.78 is 47.2. The predicted molar refractivity (Wildman–Crippen MR) is 110 cm³/mol. The number of ketones is 1. The third-order valence-corrected chi connectivity index (χ3v) is 6.66. The van der Waals surface area contributed by atoms with Gasteiger partial charge in [0.15, 0.2) is 12.4 Å². The van der Waals surface area contributed by atoms with Gasteiger partial charge in [0.1, 0.15) is 17.1 Å². The van der Waals surface area contributed by atoms with E-state index in [1.807, 2.05) is 0 Å². The van der Waals surface area contributed by atoms with Crippen molar-refractivity contribution in [2.24, 2.45) is 0 Å². The Hall–Kier alpha value is -2.95. The average Bonchev–Trinajstić information content (AvgIpc) is 2.82. The number of hydrogen-bond acceptors (Lipinski definition) is 8. The fourth-order valence-corrected chi connectivity index (χ4v) is 4.42. The number of rotatable bonds is 8. The quantitative estimate of drug-likeness (QED) is 0.443. The number of carbonyl (C=O) groups excluding carboxylic acids is 2. The first-order valence-corrected chi connectivity index (χ1v) is 10.9. The molecule has 10 heteroatoms. The molecule has 0 aromatic heterocycles. The van der Waals surface area contributed by atoms with E-state index in [1.54, 1.807) is 6.07 Å². The molecule has 2 aromatic rings. The average molecular weight is 449 g/mol. The first-order chi connectivity index (χ1) is 14.9. The van der Waals surface area contributed by atoms with Gasteiger partial charge in [0, 0.05) is 24.7 Å². The Kier molecular flexibility index (Phi) is 7.26. The minimum atomic E-state index is -3.65. The van der Waals surface area contributed by atoms with Crippen molar-refractivity contribution in [3.05, 3.63) is 53.6 Å². The molecule has 1 saturated heterocycles. The molecule has 9 nitrogen and oxygen atoms in total. The van der Waals surface area contributed by atoms with Crippen molar-refractivity contribution in [3.63, 3.8) is 0 Å². The van der Waals surface area contributed by atoms with Gasteiger partial charge < -0.3 is 18.9 Å². The van der Waals surface area contributed by atoms with Gasteiger partial charge >= 0.3 is 5.97 Å². The summed E-state index contributed by atoms with van der Waals surface area (Å²) in [5.41, 5.74) is 0.387. The molecule has 0 radical (unpaired) electrons. The monoisotopic (exact) mass is 449 g/mol. The van der Waals surface area contributed by atoms with Crippen LogP contribution in [0.1, 0.15) is 20.7 Å². The molecule has 0 unspecified atom stereocenters. The Balaban J connectivity index is 1.64. The van der Waals surface area contributed by atoms with Crippen LogP contribution in [-0.4, -0.2) is 71.6 Å². The number of sulfonamides is 1. The van der Waals surface area contributed by atoms with Gasteiger partial charge in [-0.25, -0.2) is 13.2 Å². The van der Waals surface area contributed by atoms with E-state index in [-0.39, 0.29) is 34.9 Å². The van der Waals surface area contributed by atoms with E-state index in [2.05, 4.69) is 0 Å². The van der Waals surface area contributed by atoms with Crippen LogP contribution < -0.4 is 9.47 Å². The van der Waals surface area contributed by atoms with E-state index in [0.29, 0.717) is 19.0 Å². The second-order valence-corrected chi connectivity index (χ2v) is 8.54. The summed E-state index contributed by atoms with van der Waals surface area (Å²) in [4.78, 5) is 24.8. The molecular formula is C21H23NO8S. The van der Waals surface area contributed by atoms with Gasteiger partial charge in [0.2, 0.25) is 10.0 Å². The molecule has 0 atom stereocenters. The van der Waals surface area contributed by atoms with E-state index in [4.69, 9.17) is 18.9 Å². The largest absolute Gasteiger partial charge is 0.497 e. The summed E-state index contributed by atoms with van der Waals surface area (Å²) in [6, 6.07) is 10.1. The number of methoxy groups -OCH3 is 2. The SMILES string of the molecule is COc1ccc(C(=O)OCC(=O)c2ccc(S(=O)(=O)N3CCOCC3)cc2)c(OC)c1. The second kappa shape index (κ2) is 9.90. The third kappa shape index (κ3) is 5.22. The lowest BCUT2D eigenvalue weighted by Gasteiger charge is -2.26. The molecule has 1 aliphatic rings. The van der Waals surface area contributed by atoms with Crippen molar-refractivity contribution >= 4 is 21.8 Å². The number of esters is 1. The Bertz CT molecular complexity index is 1040. The van der Waals surface area contributed by atoms with Crippen LogP contribution in [0.15, 0.2) is 47.4 Å². The zero-order chi connectivity index (χ0) is 22.4. The Labute approximate surface area is 180 Å². The highest BCUT2D eigenvalue weighted by atomic mass is 32.2. The predicted octanol–water partition coefficient (Wildman–Crippen LogP) is 1.76. The van der Waals surface area contributed by atoms with E-state index < -0.39 is 28.4 Å². The number of hydrogen-bond donors (Lipinski definition) is 0. The van der Waals surface area contributed by atoms with Crippen LogP contribution >= 0.6 is 0 Å². The third-order valence-electron chi connectivity index (χ3n) is 4.75. The molecule has 0 amide bonds. The van der Waals surface area contributed by atoms with Gasteiger partial charge in [0.25, 0.3) is 0 Å². The fourth-order valence-electron chi connectivity index (χ4n) is 3.01. The van der Waals surface area contributed by atoms with Crippen molar-refractivity contribution in [2.45, 2.75) is 4.90 Å². The molecule has 166 valence electrons. The van der Waals surface area contributed by atoms with Crippen LogP contribution in [0.25, 0.3) is 0 Å². The second-order valence-electron chi connectivity index (χ2n) is 6.61. The summed E-state index contributed by atoms with van der Waals surface area (Å²) in [5.74, 6) is -0.415. The highest BCUT2D eigenvalue weighted by Gasteiger charge is 2.26. The highest BCUT2D eigenvalue weighted by Crippen LogP contribution is 2.25. The molecule has 3 rings (SSSR count). The smallest absolute Gasteiger partial charge is 0.342 e. The van der Waals surface area contributed by atoms with Gasteiger partial charge in [-0.15, -0.1) is 0 Å². The van der Waals surface area contributed by atoms with Gasteiger partial charge in [-0.3, -0.25) is 4.79 Å². The molecule has 0 spiro atoms. The van der Waals surface area contributed by atoms with Crippen molar-refractivity contribution in [2.75, 3.05) is 47.1 Å². The number of ether oxygens (including phenoxy) is 4. The van der Waals surface area contributed by atoms with Crippen LogP contribution in [-0.2, 0) is 19.5 Å². The number of benzene rings is 2. The summed E-state index contributed by atoms with van der Waals surface area (Å²) in [7, 11) is -0.752. The van der Waals surface area contributed by atoms with Crippen molar-refractivity contribution < 1.29 is 37.0 Å². The molecule has 0 N–H and O–H groups in total. The number of nitrogens with zero attached hydrogens (tertiary/aromatic N) is 1. The Morgan fingerprint density at radius 3 is 2.29 bits per heavy atom. The molecule has 1 fully saturated rings. The first kappa shape index (κ1) is 22.7. The molecule has 31 heavy (non-hydrogen) atoms. The summed E-state index contributed by atoms with van der Waals surface area (Å²) in [5, 5.41) is 0. The number of carbonyl (C=O) groups is 2. The highest BCUT2D eigenvalue weighted by molar-refractivity contribution is 7.89. The Morgan fingerprint density at radius 2 is 1.68 bits per heavy atom. The minimum absolute atomic E-state index is 0.0888. The van der Waals surface area contributed by atoms with E-state index in [1.165, 1.54) is 54.9 Å². The van der Waals surface area contributed by atoms with Crippen LogP contribution in [0.5, 0.6) is 11.5 Å². The van der Waals surface area contributed by atoms with Gasteiger partial charge in [-0.2, -0.15) is 4.31 Å². The van der Waals surface area contributed by atoms with Crippen LogP contribution in [0.4, 0.5) is 0 Å². The maximum atomic E-state index is 12.6. The van der Waals surface area contributed by atoms with Crippen LogP contribution in [0, 0.1) is 0 Å². The van der Waals surface area contributed by atoms with Crippen LogP contribution in [0.3, 0.4) is 0 Å². The van der Waals surface area contributed by atoms with Crippen molar-refractivity contribution in [1.82, 2.24) is 4.31 Å². The lowest BCUT2D eigenvalue weighted by atomic mass is 10.1. The standard InChI is InChI=1S/C21H23NO8S/c1-27-16-5-8-18(20(13-16)28-2)21(24)30-14-19(23)15-3-6-17(7-4-15)31(25,26)22-9-11-29-12-10-22/h3-8,13H,9-12,14H2,1-2H3. The molecular weight excluding hydrogens is 426 g/mol. The van der Waals surface area contributed by atoms with Crippen LogP contribution in [0.2, 0.25) is 0 Å². The fraction of sp³-hybridized carbons (Fsp3) is 0.333. The molecule has 1 aliphatic heterocycles. The van der Waals surface area contributed by atoms with Crippen molar-refractivity contribution in [1.29, 1.82) is 0 Å². The maximum absolute atomic E-state index is 12.6. The Morgan fingerprint density at radius 1 is 1.00 bits per heavy atom. The molecule has 1 heterocycles. The van der Waals surface area contributed by atoms with Gasteiger partial charge in [-0.05, 0) is 36.4 Å². The zero-order valence-electron chi connectivity index (χ0n) is 17.2. The maximum Gasteiger partial charge on any atom is 0.342 e. The van der Waals surface area contributed by atoms with Gasteiger partial charge in [-0.1, -0.05) is 0 Å². The summed E-state index contributed by atoms with van der Waals surface area (Å²) >= 11 is 0. The molecule has 0 saturated carbocycles. The molecule has 2 aromatic carbocycles. The van der Waals surface area contributed by atoms with Crippen molar-refractivity contribution in [3.8, 4) is 11.5 Å². The van der Waals surface area contributed by atoms with E-state index >= 15 is 0 Å². The normalized spacial score (nSPS) is 14.6. The summed E-state index contributed by atoms with van der Waals surface area (Å²) in [6.07, 6.45) is 0. The first-order valence-electron chi connectivity index (χ1n) is 9.47. The topological polar surface area (TPSA) is 108 Å². The minimum Gasteiger partial charge on any atom is -0.497 e. The lowest BCUT2D eigenvalue weighted by Crippen LogP contribution is -2.40.